The Morgan fingerprint density at radius 3 is 2.72 bits per heavy atom. The summed E-state index contributed by atoms with van der Waals surface area (Å²) >= 11 is 13.8. The van der Waals surface area contributed by atoms with Crippen molar-refractivity contribution in [2.75, 3.05) is 11.4 Å². The third-order valence-corrected chi connectivity index (χ3v) is 6.56. The molecule has 146 valence electrons. The van der Waals surface area contributed by atoms with Crippen molar-refractivity contribution in [1.82, 2.24) is 9.97 Å². The molecule has 0 spiro atoms. The number of halogens is 2. The lowest BCUT2D eigenvalue weighted by Crippen LogP contribution is -2.17. The average Bonchev–Trinajstić information content (AvgIpc) is 3.23. The summed E-state index contributed by atoms with van der Waals surface area (Å²) < 4.78 is 0. The molecule has 0 unspecified atom stereocenters. The fourth-order valence-electron chi connectivity index (χ4n) is 3.18. The van der Waals surface area contributed by atoms with Crippen molar-refractivity contribution in [3.8, 4) is 10.4 Å². The van der Waals surface area contributed by atoms with E-state index in [1.54, 1.807) is 11.3 Å². The molecule has 0 saturated carbocycles. The van der Waals surface area contributed by atoms with Gasteiger partial charge in [0.15, 0.2) is 5.13 Å². The van der Waals surface area contributed by atoms with E-state index in [-0.39, 0.29) is 0 Å². The van der Waals surface area contributed by atoms with Gasteiger partial charge in [-0.2, -0.15) is 0 Å². The first-order chi connectivity index (χ1) is 14.1. The summed E-state index contributed by atoms with van der Waals surface area (Å²) in [5.74, 6) is 0. The van der Waals surface area contributed by atoms with Gasteiger partial charge in [-0.1, -0.05) is 59.3 Å². The van der Waals surface area contributed by atoms with Crippen molar-refractivity contribution in [3.63, 3.8) is 0 Å². The van der Waals surface area contributed by atoms with Crippen LogP contribution in [-0.4, -0.2) is 16.5 Å². The fraction of sp³-hybridized carbons (Fsp3) is 0.130. The van der Waals surface area contributed by atoms with E-state index in [0.29, 0.717) is 10.0 Å². The Morgan fingerprint density at radius 1 is 1.00 bits per heavy atom. The minimum Gasteiger partial charge on any atom is -0.325 e. The topological polar surface area (TPSA) is 29.0 Å². The number of aryl methyl sites for hydroxylation is 1. The molecular formula is C23H19Cl2N3S. The summed E-state index contributed by atoms with van der Waals surface area (Å²) in [6, 6.07) is 14.2. The highest BCUT2D eigenvalue weighted by Crippen LogP contribution is 2.33. The van der Waals surface area contributed by atoms with E-state index in [1.165, 1.54) is 10.9 Å². The second-order valence-corrected chi connectivity index (χ2v) is 8.50. The quantitative estimate of drug-likeness (QED) is 0.303. The molecule has 6 heteroatoms. The Balaban J connectivity index is 1.44. The van der Waals surface area contributed by atoms with Gasteiger partial charge in [-0.3, -0.25) is 4.98 Å². The molecule has 2 aromatic heterocycles. The molecule has 0 atom stereocenters. The molecule has 4 aromatic rings. The number of anilines is 1. The maximum absolute atomic E-state index is 6.11. The second-order valence-electron chi connectivity index (χ2n) is 6.67. The van der Waals surface area contributed by atoms with Crippen LogP contribution >= 0.6 is 34.5 Å². The predicted molar refractivity (Wildman–Crippen MR) is 125 cm³/mol. The summed E-state index contributed by atoms with van der Waals surface area (Å²) in [6.07, 6.45) is 9.34. The number of pyridine rings is 1. The van der Waals surface area contributed by atoms with Crippen LogP contribution in [0.25, 0.3) is 21.2 Å². The number of fused-ring (bicyclic) bond motifs is 1. The van der Waals surface area contributed by atoms with E-state index in [0.717, 1.165) is 40.3 Å². The second kappa shape index (κ2) is 8.95. The molecule has 0 saturated heterocycles. The first-order valence-corrected chi connectivity index (χ1v) is 10.8. The van der Waals surface area contributed by atoms with E-state index in [2.05, 4.69) is 39.6 Å². The lowest BCUT2D eigenvalue weighted by atomic mass is 10.1. The van der Waals surface area contributed by atoms with Crippen molar-refractivity contribution in [1.29, 1.82) is 0 Å². The van der Waals surface area contributed by atoms with Crippen LogP contribution in [0.15, 0.2) is 73.8 Å². The molecule has 0 bridgehead atoms. The maximum Gasteiger partial charge on any atom is 0.189 e. The number of aromatic nitrogens is 2. The monoisotopic (exact) mass is 439 g/mol. The summed E-state index contributed by atoms with van der Waals surface area (Å²) in [5.41, 5.74) is 2.33. The SMILES string of the molecule is C=CN(CCCc1ccc(Cl)c(Cl)c1)c1ncc(-c2ccc3cnccc3c2)s1. The highest BCUT2D eigenvalue weighted by Gasteiger charge is 2.11. The zero-order chi connectivity index (χ0) is 20.2. The average molecular weight is 440 g/mol. The molecule has 0 N–H and O–H groups in total. The van der Waals surface area contributed by atoms with E-state index < -0.39 is 0 Å². The molecule has 0 fully saturated rings. The summed E-state index contributed by atoms with van der Waals surface area (Å²) in [7, 11) is 0. The number of hydrogen-bond donors (Lipinski definition) is 0. The normalized spacial score (nSPS) is 11.0. The summed E-state index contributed by atoms with van der Waals surface area (Å²) in [5, 5.41) is 4.44. The molecule has 0 radical (unpaired) electrons. The maximum atomic E-state index is 6.11. The van der Waals surface area contributed by atoms with Crippen LogP contribution in [0, 0.1) is 0 Å². The van der Waals surface area contributed by atoms with Gasteiger partial charge in [-0.25, -0.2) is 4.98 Å². The molecule has 0 amide bonds. The van der Waals surface area contributed by atoms with Crippen molar-refractivity contribution >= 4 is 50.4 Å². The zero-order valence-electron chi connectivity index (χ0n) is 15.7. The number of thiazole rings is 1. The largest absolute Gasteiger partial charge is 0.325 e. The van der Waals surface area contributed by atoms with Gasteiger partial charge in [0.05, 0.1) is 14.9 Å². The Kier molecular flexibility index (Phi) is 6.14. The molecule has 0 aliphatic heterocycles. The predicted octanol–water partition coefficient (Wildman–Crippen LogP) is 7.25. The first kappa shape index (κ1) is 19.9. The Bertz CT molecular complexity index is 1160. The van der Waals surface area contributed by atoms with Crippen molar-refractivity contribution in [3.05, 3.63) is 89.4 Å². The van der Waals surface area contributed by atoms with Crippen LogP contribution in [0.5, 0.6) is 0 Å². The Hall–Kier alpha value is -2.40. The molecule has 0 aliphatic rings. The fourth-order valence-corrected chi connectivity index (χ4v) is 4.44. The van der Waals surface area contributed by atoms with Crippen LogP contribution in [0.4, 0.5) is 5.13 Å². The highest BCUT2D eigenvalue weighted by molar-refractivity contribution is 7.18. The third-order valence-electron chi connectivity index (χ3n) is 4.73. The summed E-state index contributed by atoms with van der Waals surface area (Å²) in [4.78, 5) is 12.0. The lowest BCUT2D eigenvalue weighted by Gasteiger charge is -2.16. The lowest BCUT2D eigenvalue weighted by molar-refractivity contribution is 0.802. The van der Waals surface area contributed by atoms with Crippen molar-refractivity contribution in [2.45, 2.75) is 12.8 Å². The molecule has 4 rings (SSSR count). The number of nitrogens with zero attached hydrogens (tertiary/aromatic N) is 3. The van der Waals surface area contributed by atoms with Gasteiger partial charge in [-0.15, -0.1) is 0 Å². The minimum atomic E-state index is 0.586. The van der Waals surface area contributed by atoms with Crippen molar-refractivity contribution < 1.29 is 0 Å². The van der Waals surface area contributed by atoms with Crippen LogP contribution in [0.3, 0.4) is 0 Å². The Labute approximate surface area is 184 Å². The van der Waals surface area contributed by atoms with Crippen LogP contribution in [-0.2, 0) is 6.42 Å². The van der Waals surface area contributed by atoms with E-state index in [9.17, 15) is 0 Å². The smallest absolute Gasteiger partial charge is 0.189 e. The zero-order valence-corrected chi connectivity index (χ0v) is 18.0. The minimum absolute atomic E-state index is 0.586. The molecule has 2 aromatic carbocycles. The molecular weight excluding hydrogens is 421 g/mol. The highest BCUT2D eigenvalue weighted by atomic mass is 35.5. The van der Waals surface area contributed by atoms with Gasteiger partial charge in [-0.05, 0) is 59.8 Å². The van der Waals surface area contributed by atoms with Crippen molar-refractivity contribution in [2.24, 2.45) is 0 Å². The summed E-state index contributed by atoms with van der Waals surface area (Å²) in [6.45, 7) is 4.79. The van der Waals surface area contributed by atoms with Gasteiger partial charge in [0.1, 0.15) is 0 Å². The number of benzene rings is 2. The number of rotatable bonds is 7. The molecule has 3 nitrogen and oxygen atoms in total. The van der Waals surface area contributed by atoms with E-state index in [1.807, 2.05) is 49.1 Å². The van der Waals surface area contributed by atoms with Gasteiger partial charge in [0.2, 0.25) is 0 Å². The van der Waals surface area contributed by atoms with Crippen LogP contribution in [0.1, 0.15) is 12.0 Å². The molecule has 2 heterocycles. The van der Waals surface area contributed by atoms with Crippen LogP contribution < -0.4 is 4.90 Å². The third kappa shape index (κ3) is 4.61. The van der Waals surface area contributed by atoms with E-state index >= 15 is 0 Å². The molecule has 29 heavy (non-hydrogen) atoms. The molecule has 0 aliphatic carbocycles. The van der Waals surface area contributed by atoms with Crippen LogP contribution in [0.2, 0.25) is 10.0 Å². The number of hydrogen-bond acceptors (Lipinski definition) is 4. The van der Waals surface area contributed by atoms with Gasteiger partial charge >= 0.3 is 0 Å². The van der Waals surface area contributed by atoms with Gasteiger partial charge in [0, 0.05) is 30.5 Å². The van der Waals surface area contributed by atoms with E-state index in [4.69, 9.17) is 23.2 Å². The standard InChI is InChI=1S/C23H19Cl2N3S/c1-2-28(11-3-4-16-5-8-20(24)21(25)12-16)23-27-15-22(29-23)18-6-7-19-14-26-10-9-17(19)13-18/h2,5-10,12-15H,1,3-4,11H2. The Morgan fingerprint density at radius 2 is 1.90 bits per heavy atom. The first-order valence-electron chi connectivity index (χ1n) is 9.27. The van der Waals surface area contributed by atoms with Gasteiger partial charge < -0.3 is 4.90 Å². The van der Waals surface area contributed by atoms with Gasteiger partial charge in [0.25, 0.3) is 0 Å².